The minimum atomic E-state index is -3.64. The summed E-state index contributed by atoms with van der Waals surface area (Å²) in [5.41, 5.74) is 0.317. The third-order valence-electron chi connectivity index (χ3n) is 5.10. The average Bonchev–Trinajstić information content (AvgIpc) is 3.21. The molecule has 2 aliphatic heterocycles. The van der Waals surface area contributed by atoms with Gasteiger partial charge in [-0.2, -0.15) is 0 Å². The predicted octanol–water partition coefficient (Wildman–Crippen LogP) is 0.0110. The lowest BCUT2D eigenvalue weighted by Gasteiger charge is -2.20. The Balaban J connectivity index is 1.64. The molecule has 8 nitrogen and oxygen atoms in total. The SMILES string of the molecule is COCCNS(=O)(=O)c1c[nH]c(C(=O)N2CC[C@@H]3CNC[C@@H]3CC2)c1. The minimum absolute atomic E-state index is 0.0721. The summed E-state index contributed by atoms with van der Waals surface area (Å²) in [5, 5.41) is 3.42. The van der Waals surface area contributed by atoms with Gasteiger partial charge in [-0.3, -0.25) is 4.79 Å². The Morgan fingerprint density at radius 1 is 1.32 bits per heavy atom. The van der Waals surface area contributed by atoms with E-state index in [1.54, 1.807) is 0 Å². The molecule has 0 saturated carbocycles. The molecule has 2 aliphatic rings. The maximum atomic E-state index is 12.7. The van der Waals surface area contributed by atoms with E-state index in [0.29, 0.717) is 24.1 Å². The van der Waals surface area contributed by atoms with Gasteiger partial charge in [0.15, 0.2) is 0 Å². The van der Waals surface area contributed by atoms with Crippen molar-refractivity contribution in [3.05, 3.63) is 18.0 Å². The third-order valence-corrected chi connectivity index (χ3v) is 6.54. The van der Waals surface area contributed by atoms with Crippen molar-refractivity contribution in [2.45, 2.75) is 17.7 Å². The van der Waals surface area contributed by atoms with Crippen LogP contribution in [0.5, 0.6) is 0 Å². The molecule has 0 aliphatic carbocycles. The first-order chi connectivity index (χ1) is 12.0. The molecular weight excluding hydrogens is 344 g/mol. The van der Waals surface area contributed by atoms with E-state index in [0.717, 1.165) is 39.0 Å². The molecule has 0 radical (unpaired) electrons. The molecular formula is C16H26N4O4S. The summed E-state index contributed by atoms with van der Waals surface area (Å²) in [5.74, 6) is 1.15. The number of nitrogens with zero attached hydrogens (tertiary/aromatic N) is 1. The van der Waals surface area contributed by atoms with Gasteiger partial charge >= 0.3 is 0 Å². The molecule has 2 saturated heterocycles. The summed E-state index contributed by atoms with van der Waals surface area (Å²) in [6, 6.07) is 1.41. The number of aromatic amines is 1. The predicted molar refractivity (Wildman–Crippen MR) is 92.8 cm³/mol. The molecule has 0 spiro atoms. The Bertz CT molecular complexity index is 689. The van der Waals surface area contributed by atoms with Crippen LogP contribution < -0.4 is 10.0 Å². The van der Waals surface area contributed by atoms with Gasteiger partial charge in [0.1, 0.15) is 10.6 Å². The number of rotatable bonds is 6. The summed E-state index contributed by atoms with van der Waals surface area (Å²) in [6.07, 6.45) is 3.35. The van der Waals surface area contributed by atoms with Crippen LogP contribution in [-0.2, 0) is 14.8 Å². The van der Waals surface area contributed by atoms with Crippen LogP contribution in [0.15, 0.2) is 17.2 Å². The summed E-state index contributed by atoms with van der Waals surface area (Å²) in [4.78, 5) is 17.4. The monoisotopic (exact) mass is 370 g/mol. The van der Waals surface area contributed by atoms with Crippen molar-refractivity contribution in [1.29, 1.82) is 0 Å². The van der Waals surface area contributed by atoms with E-state index in [9.17, 15) is 13.2 Å². The highest BCUT2D eigenvalue weighted by molar-refractivity contribution is 7.89. The molecule has 1 aromatic rings. The maximum absolute atomic E-state index is 12.7. The van der Waals surface area contributed by atoms with Crippen molar-refractivity contribution in [2.24, 2.45) is 11.8 Å². The highest BCUT2D eigenvalue weighted by Gasteiger charge is 2.32. The fourth-order valence-electron chi connectivity index (χ4n) is 3.61. The van der Waals surface area contributed by atoms with E-state index in [-0.39, 0.29) is 17.3 Å². The van der Waals surface area contributed by atoms with Crippen LogP contribution in [-0.4, -0.2) is 70.6 Å². The normalized spacial score (nSPS) is 24.1. The zero-order valence-electron chi connectivity index (χ0n) is 14.5. The Morgan fingerprint density at radius 2 is 2.00 bits per heavy atom. The van der Waals surface area contributed by atoms with E-state index >= 15 is 0 Å². The number of H-pyrrole nitrogens is 1. The fourth-order valence-corrected chi connectivity index (χ4v) is 4.61. The number of aromatic nitrogens is 1. The summed E-state index contributed by atoms with van der Waals surface area (Å²) >= 11 is 0. The van der Waals surface area contributed by atoms with Gasteiger partial charge in [0.25, 0.3) is 5.91 Å². The van der Waals surface area contributed by atoms with Gasteiger partial charge in [0, 0.05) is 32.9 Å². The lowest BCUT2D eigenvalue weighted by Crippen LogP contribution is -2.33. The van der Waals surface area contributed by atoms with Gasteiger partial charge < -0.3 is 19.9 Å². The van der Waals surface area contributed by atoms with Gasteiger partial charge in [-0.1, -0.05) is 0 Å². The van der Waals surface area contributed by atoms with Crippen LogP contribution >= 0.6 is 0 Å². The van der Waals surface area contributed by atoms with E-state index in [1.807, 2.05) is 4.90 Å². The number of likely N-dealkylation sites (tertiary alicyclic amines) is 1. The molecule has 1 amide bonds. The van der Waals surface area contributed by atoms with Gasteiger partial charge in [0.05, 0.1) is 6.61 Å². The molecule has 3 N–H and O–H groups in total. The van der Waals surface area contributed by atoms with Crippen molar-refractivity contribution < 1.29 is 17.9 Å². The first-order valence-electron chi connectivity index (χ1n) is 8.68. The highest BCUT2D eigenvalue weighted by atomic mass is 32.2. The summed E-state index contributed by atoms with van der Waals surface area (Å²) in [7, 11) is -2.13. The number of ether oxygens (including phenoxy) is 1. The average molecular weight is 370 g/mol. The molecule has 1 aromatic heterocycles. The number of sulfonamides is 1. The van der Waals surface area contributed by atoms with Gasteiger partial charge in [0.2, 0.25) is 10.0 Å². The second kappa shape index (κ2) is 7.86. The first kappa shape index (κ1) is 18.4. The topological polar surface area (TPSA) is 104 Å². The zero-order chi connectivity index (χ0) is 17.9. The molecule has 0 bridgehead atoms. The number of amides is 1. The van der Waals surface area contributed by atoms with Crippen molar-refractivity contribution in [3.8, 4) is 0 Å². The lowest BCUT2D eigenvalue weighted by molar-refractivity contribution is 0.0753. The van der Waals surface area contributed by atoms with E-state index < -0.39 is 10.0 Å². The van der Waals surface area contributed by atoms with Crippen molar-refractivity contribution >= 4 is 15.9 Å². The van der Waals surface area contributed by atoms with E-state index in [1.165, 1.54) is 19.4 Å². The van der Waals surface area contributed by atoms with Crippen LogP contribution in [0.2, 0.25) is 0 Å². The van der Waals surface area contributed by atoms with Crippen LogP contribution in [0.1, 0.15) is 23.3 Å². The first-order valence-corrected chi connectivity index (χ1v) is 10.2. The number of carbonyl (C=O) groups is 1. The fraction of sp³-hybridized carbons (Fsp3) is 0.688. The van der Waals surface area contributed by atoms with Crippen LogP contribution in [0.4, 0.5) is 0 Å². The smallest absolute Gasteiger partial charge is 0.270 e. The Morgan fingerprint density at radius 3 is 2.64 bits per heavy atom. The molecule has 3 rings (SSSR count). The summed E-state index contributed by atoms with van der Waals surface area (Å²) in [6.45, 7) is 3.98. The zero-order valence-corrected chi connectivity index (χ0v) is 15.3. The van der Waals surface area contributed by atoms with Crippen LogP contribution in [0.25, 0.3) is 0 Å². The van der Waals surface area contributed by atoms with Crippen molar-refractivity contribution in [2.75, 3.05) is 46.4 Å². The Labute approximate surface area is 148 Å². The maximum Gasteiger partial charge on any atom is 0.270 e. The van der Waals surface area contributed by atoms with Crippen LogP contribution in [0.3, 0.4) is 0 Å². The molecule has 9 heteroatoms. The van der Waals surface area contributed by atoms with Crippen molar-refractivity contribution in [1.82, 2.24) is 19.9 Å². The Hall–Kier alpha value is -1.42. The number of hydrogen-bond donors (Lipinski definition) is 3. The molecule has 2 atom stereocenters. The molecule has 25 heavy (non-hydrogen) atoms. The van der Waals surface area contributed by atoms with E-state index in [2.05, 4.69) is 15.0 Å². The third kappa shape index (κ3) is 4.22. The van der Waals surface area contributed by atoms with Gasteiger partial charge in [-0.15, -0.1) is 0 Å². The second-order valence-corrected chi connectivity index (χ2v) is 8.45. The number of fused-ring (bicyclic) bond motifs is 1. The van der Waals surface area contributed by atoms with Gasteiger partial charge in [-0.05, 0) is 43.8 Å². The van der Waals surface area contributed by atoms with E-state index in [4.69, 9.17) is 4.74 Å². The molecule has 3 heterocycles. The largest absolute Gasteiger partial charge is 0.383 e. The number of carbonyl (C=O) groups excluding carboxylic acids is 1. The summed E-state index contributed by atoms with van der Waals surface area (Å²) < 4.78 is 31.7. The van der Waals surface area contributed by atoms with Crippen LogP contribution in [0, 0.1) is 11.8 Å². The molecule has 0 aromatic carbocycles. The molecule has 140 valence electrons. The minimum Gasteiger partial charge on any atom is -0.383 e. The standard InChI is InChI=1S/C16H26N4O4S/c1-24-7-4-19-25(22,23)14-8-15(18-11-14)16(21)20-5-2-12-9-17-10-13(12)3-6-20/h8,11-13,17-19H,2-7,9-10H2,1H3/t12-,13+. The quantitative estimate of drug-likeness (QED) is 0.612. The van der Waals surface area contributed by atoms with Crippen molar-refractivity contribution in [3.63, 3.8) is 0 Å². The highest BCUT2D eigenvalue weighted by Crippen LogP contribution is 2.27. The molecule has 2 fully saturated rings. The second-order valence-electron chi connectivity index (χ2n) is 6.69. The number of methoxy groups -OCH3 is 1. The number of nitrogens with one attached hydrogen (secondary N) is 3. The molecule has 0 unspecified atom stereocenters. The Kier molecular flexibility index (Phi) is 5.78. The number of hydrogen-bond acceptors (Lipinski definition) is 5. The lowest BCUT2D eigenvalue weighted by atomic mass is 9.92. The van der Waals surface area contributed by atoms with Gasteiger partial charge in [-0.25, -0.2) is 13.1 Å².